The van der Waals surface area contributed by atoms with Crippen molar-refractivity contribution in [3.8, 4) is 29.8 Å². The Hall–Kier alpha value is -3.32. The van der Waals surface area contributed by atoms with Gasteiger partial charge in [-0.15, -0.1) is 0 Å². The van der Waals surface area contributed by atoms with Crippen molar-refractivity contribution < 1.29 is 9.53 Å². The summed E-state index contributed by atoms with van der Waals surface area (Å²) in [5, 5.41) is 9.19. The first kappa shape index (κ1) is 17.5. The Kier molecular flexibility index (Phi) is 5.84. The van der Waals surface area contributed by atoms with E-state index in [4.69, 9.17) is 4.74 Å². The zero-order chi connectivity index (χ0) is 18.2. The number of hydrogen-bond donors (Lipinski definition) is 0. The third-order valence-electron chi connectivity index (χ3n) is 4.17. The number of ether oxygens (including phenoxy) is 1. The van der Waals surface area contributed by atoms with Gasteiger partial charge in [0.1, 0.15) is 6.07 Å². The summed E-state index contributed by atoms with van der Waals surface area (Å²) in [7, 11) is 0. The van der Waals surface area contributed by atoms with Crippen LogP contribution in [0.4, 0.5) is 0 Å². The molecule has 1 unspecified atom stereocenters. The van der Waals surface area contributed by atoms with Crippen LogP contribution in [0.2, 0.25) is 0 Å². The molecular weight excluding hydrogens is 322 g/mol. The normalized spacial score (nSPS) is 15.6. The molecule has 1 fully saturated rings. The van der Waals surface area contributed by atoms with Gasteiger partial charge in [0.25, 0.3) is 0 Å². The first-order chi connectivity index (χ1) is 12.8. The Morgan fingerprint density at radius 1 is 1.00 bits per heavy atom. The Balaban J connectivity index is 1.99. The first-order valence-electron chi connectivity index (χ1n) is 8.53. The molecule has 1 atom stereocenters. The van der Waals surface area contributed by atoms with Gasteiger partial charge in [-0.25, -0.2) is 0 Å². The monoisotopic (exact) mass is 339 g/mol. The third-order valence-corrected chi connectivity index (χ3v) is 4.17. The minimum absolute atomic E-state index is 0.0358. The van der Waals surface area contributed by atoms with Crippen LogP contribution in [-0.4, -0.2) is 12.9 Å². The second-order valence-corrected chi connectivity index (χ2v) is 5.99. The van der Waals surface area contributed by atoms with Gasteiger partial charge < -0.3 is 4.74 Å². The molecule has 2 aromatic carbocycles. The van der Waals surface area contributed by atoms with Crippen molar-refractivity contribution in [2.45, 2.75) is 25.4 Å². The standard InChI is InChI=1S/C23H17NO2/c24-17-21-8-2-1-7-20(21)11-10-19-14-18(6-5-12-25)15-22(16-19)23-9-3-4-13-26-23/h1-2,7-8,12,14-16,23H,3-4,9,13H2. The maximum absolute atomic E-state index is 10.6. The molecule has 2 aromatic rings. The second-order valence-electron chi connectivity index (χ2n) is 5.99. The highest BCUT2D eigenvalue weighted by molar-refractivity contribution is 5.74. The maximum Gasteiger partial charge on any atom is 0.193 e. The second kappa shape index (κ2) is 8.68. The average molecular weight is 339 g/mol. The Bertz CT molecular complexity index is 971. The van der Waals surface area contributed by atoms with Gasteiger partial charge in [-0.2, -0.15) is 5.26 Å². The summed E-state index contributed by atoms with van der Waals surface area (Å²) < 4.78 is 5.87. The lowest BCUT2D eigenvalue weighted by molar-refractivity contribution is -0.103. The zero-order valence-electron chi connectivity index (χ0n) is 14.3. The van der Waals surface area contributed by atoms with Gasteiger partial charge >= 0.3 is 0 Å². The zero-order valence-corrected chi connectivity index (χ0v) is 14.3. The number of nitriles is 1. The van der Waals surface area contributed by atoms with Crippen LogP contribution in [0.5, 0.6) is 0 Å². The summed E-state index contributed by atoms with van der Waals surface area (Å²) in [6, 6.07) is 15.2. The molecule has 0 saturated carbocycles. The van der Waals surface area contributed by atoms with Crippen LogP contribution < -0.4 is 0 Å². The van der Waals surface area contributed by atoms with E-state index in [1.54, 1.807) is 6.07 Å². The van der Waals surface area contributed by atoms with Gasteiger partial charge in [-0.3, -0.25) is 4.79 Å². The lowest BCUT2D eigenvalue weighted by Gasteiger charge is -2.23. The molecule has 1 aliphatic rings. The fourth-order valence-electron chi connectivity index (χ4n) is 2.93. The van der Waals surface area contributed by atoms with Crippen LogP contribution in [0.25, 0.3) is 0 Å². The van der Waals surface area contributed by atoms with E-state index in [-0.39, 0.29) is 6.10 Å². The topological polar surface area (TPSA) is 50.1 Å². The van der Waals surface area contributed by atoms with Gasteiger partial charge in [-0.1, -0.05) is 29.9 Å². The molecular formula is C23H17NO2. The smallest absolute Gasteiger partial charge is 0.193 e. The van der Waals surface area contributed by atoms with Crippen LogP contribution >= 0.6 is 0 Å². The quantitative estimate of drug-likeness (QED) is 0.587. The summed E-state index contributed by atoms with van der Waals surface area (Å²) >= 11 is 0. The molecule has 3 rings (SSSR count). The molecule has 0 spiro atoms. The predicted octanol–water partition coefficient (Wildman–Crippen LogP) is 3.75. The van der Waals surface area contributed by atoms with E-state index in [1.165, 1.54) is 0 Å². The number of carbonyl (C=O) groups is 1. The number of benzene rings is 2. The molecule has 26 heavy (non-hydrogen) atoms. The molecule has 0 N–H and O–H groups in total. The van der Waals surface area contributed by atoms with Crippen molar-refractivity contribution in [2.75, 3.05) is 6.61 Å². The molecule has 1 heterocycles. The van der Waals surface area contributed by atoms with Crippen molar-refractivity contribution in [1.29, 1.82) is 5.26 Å². The number of carbonyl (C=O) groups excluding carboxylic acids is 1. The first-order valence-corrected chi connectivity index (χ1v) is 8.53. The summed E-state index contributed by atoms with van der Waals surface area (Å²) in [6.07, 6.45) is 3.80. The number of hydrogen-bond acceptors (Lipinski definition) is 3. The Morgan fingerprint density at radius 3 is 2.46 bits per heavy atom. The average Bonchev–Trinajstić information content (AvgIpc) is 2.71. The van der Waals surface area contributed by atoms with Crippen molar-refractivity contribution in [3.63, 3.8) is 0 Å². The van der Waals surface area contributed by atoms with Gasteiger partial charge in [-0.05, 0) is 61.1 Å². The molecule has 3 nitrogen and oxygen atoms in total. The summed E-state index contributed by atoms with van der Waals surface area (Å²) in [4.78, 5) is 10.6. The predicted molar refractivity (Wildman–Crippen MR) is 99.1 cm³/mol. The largest absolute Gasteiger partial charge is 0.374 e. The van der Waals surface area contributed by atoms with E-state index in [1.807, 2.05) is 36.4 Å². The molecule has 0 bridgehead atoms. The van der Waals surface area contributed by atoms with Crippen LogP contribution in [0.1, 0.15) is 53.2 Å². The summed E-state index contributed by atoms with van der Waals surface area (Å²) in [5.74, 6) is 11.5. The van der Waals surface area contributed by atoms with Crippen molar-refractivity contribution in [2.24, 2.45) is 0 Å². The van der Waals surface area contributed by atoms with Crippen LogP contribution in [-0.2, 0) is 9.53 Å². The van der Waals surface area contributed by atoms with E-state index in [0.717, 1.165) is 42.6 Å². The highest BCUT2D eigenvalue weighted by Gasteiger charge is 2.16. The van der Waals surface area contributed by atoms with Gasteiger partial charge in [0.15, 0.2) is 6.29 Å². The van der Waals surface area contributed by atoms with E-state index < -0.39 is 0 Å². The fraction of sp³-hybridized carbons (Fsp3) is 0.217. The van der Waals surface area contributed by atoms with E-state index >= 15 is 0 Å². The van der Waals surface area contributed by atoms with Crippen molar-refractivity contribution in [1.82, 2.24) is 0 Å². The van der Waals surface area contributed by atoms with Crippen molar-refractivity contribution in [3.05, 3.63) is 70.3 Å². The minimum Gasteiger partial charge on any atom is -0.374 e. The lowest BCUT2D eigenvalue weighted by Crippen LogP contribution is -2.11. The fourth-order valence-corrected chi connectivity index (χ4v) is 2.93. The van der Waals surface area contributed by atoms with E-state index in [9.17, 15) is 10.1 Å². The minimum atomic E-state index is 0.0358. The van der Waals surface area contributed by atoms with Crippen molar-refractivity contribution >= 4 is 6.29 Å². The highest BCUT2D eigenvalue weighted by Crippen LogP contribution is 2.29. The molecule has 126 valence electrons. The Labute approximate surface area is 153 Å². The Morgan fingerprint density at radius 2 is 1.77 bits per heavy atom. The van der Waals surface area contributed by atoms with Crippen LogP contribution in [0, 0.1) is 35.0 Å². The van der Waals surface area contributed by atoms with Gasteiger partial charge in [0.2, 0.25) is 0 Å². The molecule has 1 saturated heterocycles. The van der Waals surface area contributed by atoms with E-state index in [0.29, 0.717) is 17.4 Å². The lowest BCUT2D eigenvalue weighted by atomic mass is 9.97. The van der Waals surface area contributed by atoms with Gasteiger partial charge in [0, 0.05) is 23.3 Å². The van der Waals surface area contributed by atoms with Gasteiger partial charge in [0.05, 0.1) is 11.7 Å². The molecule has 0 radical (unpaired) electrons. The highest BCUT2D eigenvalue weighted by atomic mass is 16.5. The van der Waals surface area contributed by atoms with E-state index in [2.05, 4.69) is 29.8 Å². The third kappa shape index (κ3) is 4.40. The summed E-state index contributed by atoms with van der Waals surface area (Å²) in [5.41, 5.74) is 3.80. The summed E-state index contributed by atoms with van der Waals surface area (Å²) in [6.45, 7) is 0.755. The molecule has 0 aliphatic carbocycles. The SMILES string of the molecule is N#Cc1ccccc1C#Cc1cc(C#CC=O)cc(C2CCCCO2)c1. The molecule has 1 aliphatic heterocycles. The molecule has 0 aromatic heterocycles. The van der Waals surface area contributed by atoms with Crippen LogP contribution in [0.15, 0.2) is 42.5 Å². The molecule has 0 amide bonds. The number of rotatable bonds is 1. The molecule has 3 heteroatoms. The maximum atomic E-state index is 10.6. The van der Waals surface area contributed by atoms with Crippen LogP contribution in [0.3, 0.4) is 0 Å². The number of aldehydes is 1. The number of nitrogens with zero attached hydrogens (tertiary/aromatic N) is 1.